The Bertz CT molecular complexity index is 1080. The molecular weight excluding hydrogens is 341 g/mol. The van der Waals surface area contributed by atoms with Crippen LogP contribution < -0.4 is 0 Å². The molecule has 0 radical (unpaired) electrons. The van der Waals surface area contributed by atoms with Gasteiger partial charge in [-0.25, -0.2) is 12.8 Å². The maximum Gasteiger partial charge on any atom is 0.222 e. The average Bonchev–Trinajstić information content (AvgIpc) is 3.27. The van der Waals surface area contributed by atoms with Crippen LogP contribution in [0.15, 0.2) is 52.4 Å². The number of nitrogens with one attached hydrogen (secondary N) is 1. The van der Waals surface area contributed by atoms with Gasteiger partial charge in [-0.3, -0.25) is 0 Å². The Hall–Kier alpha value is -2.47. The number of sulfone groups is 1. The number of carbonyl (C=O) groups excluding carboxylic acids is 1. The van der Waals surface area contributed by atoms with Crippen LogP contribution in [0.3, 0.4) is 0 Å². The highest BCUT2D eigenvalue weighted by atomic mass is 32.2. The van der Waals surface area contributed by atoms with Crippen molar-refractivity contribution in [3.63, 3.8) is 0 Å². The van der Waals surface area contributed by atoms with Crippen molar-refractivity contribution in [2.45, 2.75) is 29.2 Å². The van der Waals surface area contributed by atoms with E-state index in [4.69, 9.17) is 0 Å². The van der Waals surface area contributed by atoms with Crippen molar-refractivity contribution in [2.24, 2.45) is 5.92 Å². The van der Waals surface area contributed by atoms with Crippen LogP contribution in [-0.2, 0) is 14.6 Å². The van der Waals surface area contributed by atoms with Crippen LogP contribution in [0.25, 0.3) is 10.9 Å². The highest BCUT2D eigenvalue weighted by molar-refractivity contribution is 7.91. The summed E-state index contributed by atoms with van der Waals surface area (Å²) in [6.45, 7) is 1.88. The summed E-state index contributed by atoms with van der Waals surface area (Å²) >= 11 is 0. The minimum absolute atomic E-state index is 0.0614. The van der Waals surface area contributed by atoms with Crippen molar-refractivity contribution in [1.82, 2.24) is 4.98 Å². The molecule has 1 saturated carbocycles. The number of aromatic nitrogens is 1. The topological polar surface area (TPSA) is 67.0 Å². The Morgan fingerprint density at radius 3 is 2.52 bits per heavy atom. The van der Waals surface area contributed by atoms with Crippen molar-refractivity contribution in [1.29, 1.82) is 0 Å². The van der Waals surface area contributed by atoms with E-state index in [2.05, 4.69) is 4.98 Å². The van der Waals surface area contributed by atoms with Gasteiger partial charge in [-0.1, -0.05) is 17.7 Å². The van der Waals surface area contributed by atoms with Crippen LogP contribution in [0.2, 0.25) is 0 Å². The summed E-state index contributed by atoms with van der Waals surface area (Å²) in [5.41, 5.74) is 2.03. The molecule has 6 heteroatoms. The van der Waals surface area contributed by atoms with Crippen LogP contribution >= 0.6 is 0 Å². The van der Waals surface area contributed by atoms with Gasteiger partial charge in [-0.15, -0.1) is 0 Å². The predicted octanol–water partition coefficient (Wildman–Crippen LogP) is 3.75. The van der Waals surface area contributed by atoms with Gasteiger partial charge in [0.05, 0.1) is 4.90 Å². The van der Waals surface area contributed by atoms with Gasteiger partial charge >= 0.3 is 0 Å². The summed E-state index contributed by atoms with van der Waals surface area (Å²) in [4.78, 5) is 14.2. The third-order valence-electron chi connectivity index (χ3n) is 4.75. The van der Waals surface area contributed by atoms with Crippen molar-refractivity contribution >= 4 is 27.0 Å². The largest absolute Gasteiger partial charge is 0.345 e. The fourth-order valence-electron chi connectivity index (χ4n) is 3.27. The highest BCUT2D eigenvalue weighted by Gasteiger charge is 2.43. The maximum absolute atomic E-state index is 13.7. The first kappa shape index (κ1) is 16.0. The summed E-state index contributed by atoms with van der Waals surface area (Å²) in [6, 6.07) is 10.7. The summed E-state index contributed by atoms with van der Waals surface area (Å²) in [5, 5.41) is 0.589. The van der Waals surface area contributed by atoms with E-state index < -0.39 is 15.7 Å². The Kier molecular flexibility index (Phi) is 3.54. The normalized spacial score (nSPS) is 19.9. The van der Waals surface area contributed by atoms with E-state index in [0.717, 1.165) is 11.8 Å². The number of fused-ring (bicyclic) bond motifs is 1. The second-order valence-electron chi connectivity index (χ2n) is 6.52. The quantitative estimate of drug-likeness (QED) is 0.723. The van der Waals surface area contributed by atoms with Gasteiger partial charge < -0.3 is 9.78 Å². The number of benzene rings is 2. The molecule has 2 aromatic carbocycles. The number of aryl methyl sites for hydroxylation is 1. The fraction of sp³-hybridized carbons (Fsp3) is 0.211. The Balaban J connectivity index is 1.96. The number of H-pyrrole nitrogens is 1. The number of aldehydes is 1. The molecular formula is C19H16FNO3S. The SMILES string of the molecule is Cc1ccc(S(=O)(=O)c2[nH]c3ccc(F)cc3c2[C@@H]2C[C@H]2C=O)cc1. The zero-order valence-corrected chi connectivity index (χ0v) is 14.3. The fourth-order valence-corrected chi connectivity index (χ4v) is 4.80. The third kappa shape index (κ3) is 2.57. The molecule has 1 heterocycles. The summed E-state index contributed by atoms with van der Waals surface area (Å²) in [6.07, 6.45) is 1.43. The number of hydrogen-bond acceptors (Lipinski definition) is 3. The molecule has 1 fully saturated rings. The van der Waals surface area contributed by atoms with Crippen LogP contribution in [-0.4, -0.2) is 19.7 Å². The Labute approximate surface area is 144 Å². The monoisotopic (exact) mass is 357 g/mol. The summed E-state index contributed by atoms with van der Waals surface area (Å²) in [5.74, 6) is -0.840. The molecule has 1 aromatic heterocycles. The minimum atomic E-state index is -3.79. The molecule has 128 valence electrons. The molecule has 2 atom stereocenters. The molecule has 4 nitrogen and oxygen atoms in total. The third-order valence-corrected chi connectivity index (χ3v) is 6.50. The molecule has 1 aliphatic rings. The minimum Gasteiger partial charge on any atom is -0.345 e. The summed E-state index contributed by atoms with van der Waals surface area (Å²) < 4.78 is 40.0. The summed E-state index contributed by atoms with van der Waals surface area (Å²) in [7, 11) is -3.79. The first-order valence-electron chi connectivity index (χ1n) is 8.00. The number of aromatic amines is 1. The number of halogens is 1. The molecule has 25 heavy (non-hydrogen) atoms. The van der Waals surface area contributed by atoms with Crippen LogP contribution in [0, 0.1) is 18.7 Å². The van der Waals surface area contributed by atoms with Crippen LogP contribution in [0.1, 0.15) is 23.5 Å². The number of rotatable bonds is 4. The molecule has 0 aliphatic heterocycles. The lowest BCUT2D eigenvalue weighted by atomic mass is 10.1. The van der Waals surface area contributed by atoms with Gasteiger partial charge in [0.1, 0.15) is 17.1 Å². The van der Waals surface area contributed by atoms with Crippen LogP contribution in [0.4, 0.5) is 4.39 Å². The molecule has 0 spiro atoms. The van der Waals surface area contributed by atoms with E-state index in [9.17, 15) is 17.6 Å². The van der Waals surface area contributed by atoms with E-state index in [0.29, 0.717) is 22.9 Å². The lowest BCUT2D eigenvalue weighted by molar-refractivity contribution is -0.108. The molecule has 0 bridgehead atoms. The second-order valence-corrected chi connectivity index (χ2v) is 8.40. The average molecular weight is 357 g/mol. The van der Waals surface area contributed by atoms with Gasteiger partial charge in [-0.05, 0) is 49.6 Å². The first-order chi connectivity index (χ1) is 11.9. The van der Waals surface area contributed by atoms with Crippen molar-refractivity contribution in [2.75, 3.05) is 0 Å². The van der Waals surface area contributed by atoms with E-state index in [1.165, 1.54) is 18.2 Å². The molecule has 3 aromatic rings. The molecule has 0 unspecified atom stereocenters. The van der Waals surface area contributed by atoms with Crippen molar-refractivity contribution in [3.05, 3.63) is 59.4 Å². The number of carbonyl (C=O) groups is 1. The molecule has 1 N–H and O–H groups in total. The van der Waals surface area contributed by atoms with Gasteiger partial charge in [0.25, 0.3) is 0 Å². The molecule has 0 amide bonds. The van der Waals surface area contributed by atoms with Crippen molar-refractivity contribution < 1.29 is 17.6 Å². The van der Waals surface area contributed by atoms with Gasteiger partial charge in [0.15, 0.2) is 0 Å². The maximum atomic E-state index is 13.7. The lowest BCUT2D eigenvalue weighted by Crippen LogP contribution is -2.05. The smallest absolute Gasteiger partial charge is 0.222 e. The zero-order chi connectivity index (χ0) is 17.8. The van der Waals surface area contributed by atoms with E-state index in [1.807, 2.05) is 6.92 Å². The predicted molar refractivity (Wildman–Crippen MR) is 91.8 cm³/mol. The molecule has 0 saturated heterocycles. The van der Waals surface area contributed by atoms with Gasteiger partial charge in [0.2, 0.25) is 9.84 Å². The van der Waals surface area contributed by atoms with Gasteiger partial charge in [-0.2, -0.15) is 0 Å². The van der Waals surface area contributed by atoms with E-state index >= 15 is 0 Å². The molecule has 1 aliphatic carbocycles. The Morgan fingerprint density at radius 2 is 1.88 bits per heavy atom. The second kappa shape index (κ2) is 5.52. The van der Waals surface area contributed by atoms with Crippen LogP contribution in [0.5, 0.6) is 0 Å². The first-order valence-corrected chi connectivity index (χ1v) is 9.48. The standard InChI is InChI=1S/C19H16FNO3S/c1-11-2-5-14(6-3-11)25(23,24)19-18(15-8-12(15)10-22)16-9-13(20)4-7-17(16)21-19/h2-7,9-10,12,15,21H,8H2,1H3/t12-,15+/m0/s1. The number of hydrogen-bond donors (Lipinski definition) is 1. The Morgan fingerprint density at radius 1 is 1.16 bits per heavy atom. The van der Waals surface area contributed by atoms with Gasteiger partial charge in [0, 0.05) is 22.4 Å². The lowest BCUT2D eigenvalue weighted by Gasteiger charge is -2.06. The zero-order valence-electron chi connectivity index (χ0n) is 13.5. The van der Waals surface area contributed by atoms with Crippen molar-refractivity contribution in [3.8, 4) is 0 Å². The molecule has 4 rings (SSSR count). The highest BCUT2D eigenvalue weighted by Crippen LogP contribution is 2.51. The van der Waals surface area contributed by atoms with E-state index in [-0.39, 0.29) is 21.8 Å². The van der Waals surface area contributed by atoms with E-state index in [1.54, 1.807) is 24.3 Å².